The average Bonchev–Trinajstić information content (AvgIpc) is 2.65. The molecule has 1 fully saturated rings. The zero-order valence-corrected chi connectivity index (χ0v) is 15.3. The van der Waals surface area contributed by atoms with Crippen LogP contribution in [-0.2, 0) is 0 Å². The quantitative estimate of drug-likeness (QED) is 0.771. The fraction of sp³-hybridized carbons (Fsp3) is 0.389. The van der Waals surface area contributed by atoms with Gasteiger partial charge in [-0.3, -0.25) is 14.6 Å². The molecule has 0 bridgehead atoms. The minimum Gasteiger partial charge on any atom is -0.491 e. The van der Waals surface area contributed by atoms with Gasteiger partial charge in [0, 0.05) is 30.9 Å². The first-order chi connectivity index (χ1) is 13.3. The molecule has 0 atom stereocenters. The largest absolute Gasteiger partial charge is 0.491 e. The predicted molar refractivity (Wildman–Crippen MR) is 95.2 cm³/mol. The number of piperidine rings is 1. The molecule has 1 saturated heterocycles. The molecule has 0 radical (unpaired) electrons. The van der Waals surface area contributed by atoms with Crippen LogP contribution in [0.3, 0.4) is 0 Å². The summed E-state index contributed by atoms with van der Waals surface area (Å²) in [7, 11) is 0.988. The number of aromatic nitrogens is 2. The van der Waals surface area contributed by atoms with Crippen molar-refractivity contribution in [1.29, 1.82) is 0 Å². The third kappa shape index (κ3) is 3.95. The Labute approximate surface area is 158 Å². The summed E-state index contributed by atoms with van der Waals surface area (Å²) in [6, 6.07) is 1.61. The van der Waals surface area contributed by atoms with Gasteiger partial charge in [0.2, 0.25) is 11.8 Å². The van der Waals surface area contributed by atoms with Crippen LogP contribution >= 0.6 is 0 Å². The Hall–Kier alpha value is -3.04. The SMILES string of the molecule is COc1c(F)c(F)cc(C(=O)NC2CCN(c3nc(C)cc(=O)[nH]3)CC2)c1F. The van der Waals surface area contributed by atoms with Crippen molar-refractivity contribution in [3.8, 4) is 5.75 Å². The number of ether oxygens (including phenoxy) is 1. The van der Waals surface area contributed by atoms with E-state index in [1.807, 2.05) is 4.90 Å². The Bertz CT molecular complexity index is 956. The number of nitrogens with zero attached hydrogens (tertiary/aromatic N) is 2. The third-order valence-corrected chi connectivity index (χ3v) is 4.55. The Kier molecular flexibility index (Phi) is 5.57. The lowest BCUT2D eigenvalue weighted by Gasteiger charge is -2.32. The minimum atomic E-state index is -1.48. The number of amides is 1. The molecule has 7 nitrogen and oxygen atoms in total. The van der Waals surface area contributed by atoms with Crippen molar-refractivity contribution in [3.63, 3.8) is 0 Å². The van der Waals surface area contributed by atoms with Crippen LogP contribution in [0.2, 0.25) is 0 Å². The van der Waals surface area contributed by atoms with Gasteiger partial charge in [-0.2, -0.15) is 4.39 Å². The summed E-state index contributed by atoms with van der Waals surface area (Å²) in [5.74, 6) is -5.44. The van der Waals surface area contributed by atoms with Crippen molar-refractivity contribution in [2.24, 2.45) is 0 Å². The van der Waals surface area contributed by atoms with Crippen LogP contribution in [-0.4, -0.2) is 42.1 Å². The number of hydrogen-bond acceptors (Lipinski definition) is 5. The number of carbonyl (C=O) groups excluding carboxylic acids is 1. The van der Waals surface area contributed by atoms with E-state index in [2.05, 4.69) is 20.0 Å². The molecule has 1 amide bonds. The van der Waals surface area contributed by atoms with Crippen LogP contribution < -0.4 is 20.5 Å². The second kappa shape index (κ2) is 7.91. The van der Waals surface area contributed by atoms with E-state index in [-0.39, 0.29) is 11.6 Å². The van der Waals surface area contributed by atoms with Gasteiger partial charge in [0.1, 0.15) is 0 Å². The summed E-state index contributed by atoms with van der Waals surface area (Å²) in [5.41, 5.74) is -0.277. The Morgan fingerprint density at radius 2 is 1.93 bits per heavy atom. The van der Waals surface area contributed by atoms with Crippen LogP contribution in [0.1, 0.15) is 28.9 Å². The first-order valence-electron chi connectivity index (χ1n) is 8.65. The molecule has 2 N–H and O–H groups in total. The van der Waals surface area contributed by atoms with Crippen molar-refractivity contribution in [1.82, 2.24) is 15.3 Å². The van der Waals surface area contributed by atoms with Gasteiger partial charge in [0.25, 0.3) is 11.5 Å². The lowest BCUT2D eigenvalue weighted by molar-refractivity contribution is 0.0925. The topological polar surface area (TPSA) is 87.3 Å². The summed E-state index contributed by atoms with van der Waals surface area (Å²) in [6.07, 6.45) is 1.01. The van der Waals surface area contributed by atoms with Crippen molar-refractivity contribution >= 4 is 11.9 Å². The second-order valence-electron chi connectivity index (χ2n) is 6.51. The minimum absolute atomic E-state index is 0.249. The zero-order chi connectivity index (χ0) is 20.4. The number of methoxy groups -OCH3 is 1. The van der Waals surface area contributed by atoms with Gasteiger partial charge in [-0.25, -0.2) is 13.8 Å². The van der Waals surface area contributed by atoms with Crippen LogP contribution in [0.5, 0.6) is 5.75 Å². The number of hydrogen-bond donors (Lipinski definition) is 2. The van der Waals surface area contributed by atoms with Crippen LogP contribution in [0.15, 0.2) is 16.9 Å². The van der Waals surface area contributed by atoms with Crippen molar-refractivity contribution in [2.75, 3.05) is 25.1 Å². The Morgan fingerprint density at radius 3 is 2.54 bits per heavy atom. The lowest BCUT2D eigenvalue weighted by Crippen LogP contribution is -2.45. The highest BCUT2D eigenvalue weighted by molar-refractivity contribution is 5.95. The van der Waals surface area contributed by atoms with Crippen molar-refractivity contribution in [2.45, 2.75) is 25.8 Å². The molecule has 0 saturated carbocycles. The number of H-pyrrole nitrogens is 1. The van der Waals surface area contributed by atoms with E-state index >= 15 is 0 Å². The molecule has 0 aliphatic carbocycles. The maximum Gasteiger partial charge on any atom is 0.254 e. The molecular weight excluding hydrogens is 377 g/mol. The molecular formula is C18H19F3N4O3. The van der Waals surface area contributed by atoms with Gasteiger partial charge >= 0.3 is 0 Å². The van der Waals surface area contributed by atoms with Crippen LogP contribution in [0.25, 0.3) is 0 Å². The number of nitrogens with one attached hydrogen (secondary N) is 2. The standard InChI is InChI=1S/C18H19F3N4O3/c1-9-7-13(26)24-18(22-9)25-5-3-10(4-6-25)23-17(27)11-8-12(19)15(21)16(28-2)14(11)20/h7-8,10H,3-6H2,1-2H3,(H,23,27)(H,22,24,26). The van der Waals surface area contributed by atoms with Crippen LogP contribution in [0, 0.1) is 24.4 Å². The van der Waals surface area contributed by atoms with E-state index in [1.165, 1.54) is 6.07 Å². The molecule has 1 aliphatic heterocycles. The Morgan fingerprint density at radius 1 is 1.25 bits per heavy atom. The van der Waals surface area contributed by atoms with E-state index in [0.717, 1.165) is 7.11 Å². The zero-order valence-electron chi connectivity index (χ0n) is 15.3. The fourth-order valence-corrected chi connectivity index (χ4v) is 3.14. The summed E-state index contributed by atoms with van der Waals surface area (Å²) < 4.78 is 45.9. The normalized spacial score (nSPS) is 14.8. The van der Waals surface area contributed by atoms with E-state index in [1.54, 1.807) is 6.92 Å². The van der Waals surface area contributed by atoms with Gasteiger partial charge < -0.3 is 15.0 Å². The molecule has 0 spiro atoms. The van der Waals surface area contributed by atoms with Gasteiger partial charge in [-0.15, -0.1) is 0 Å². The molecule has 150 valence electrons. The third-order valence-electron chi connectivity index (χ3n) is 4.55. The molecule has 1 aliphatic rings. The summed E-state index contributed by atoms with van der Waals surface area (Å²) >= 11 is 0. The van der Waals surface area contributed by atoms with Crippen LogP contribution in [0.4, 0.5) is 19.1 Å². The summed E-state index contributed by atoms with van der Waals surface area (Å²) in [5, 5.41) is 2.63. The molecule has 2 heterocycles. The average molecular weight is 396 g/mol. The van der Waals surface area contributed by atoms with Crippen molar-refractivity contribution < 1.29 is 22.7 Å². The monoisotopic (exact) mass is 396 g/mol. The van der Waals surface area contributed by atoms with E-state index in [9.17, 15) is 22.8 Å². The van der Waals surface area contributed by atoms with Gasteiger partial charge in [0.05, 0.1) is 12.7 Å². The maximum atomic E-state index is 14.2. The summed E-state index contributed by atoms with van der Waals surface area (Å²) in [4.78, 5) is 32.7. The van der Waals surface area contributed by atoms with Crippen molar-refractivity contribution in [3.05, 3.63) is 51.2 Å². The van der Waals surface area contributed by atoms with E-state index in [4.69, 9.17) is 0 Å². The predicted octanol–water partition coefficient (Wildman–Crippen LogP) is 1.90. The molecule has 10 heteroatoms. The lowest BCUT2D eigenvalue weighted by atomic mass is 10.0. The molecule has 2 aromatic rings. The number of aryl methyl sites for hydroxylation is 1. The molecule has 0 unspecified atom stereocenters. The number of halogens is 3. The number of rotatable bonds is 4. The first kappa shape index (κ1) is 19.7. The second-order valence-corrected chi connectivity index (χ2v) is 6.51. The fourth-order valence-electron chi connectivity index (χ4n) is 3.14. The smallest absolute Gasteiger partial charge is 0.254 e. The van der Waals surface area contributed by atoms with E-state index in [0.29, 0.717) is 43.6 Å². The first-order valence-corrected chi connectivity index (χ1v) is 8.65. The highest BCUT2D eigenvalue weighted by Crippen LogP contribution is 2.27. The number of aromatic amines is 1. The molecule has 3 rings (SSSR count). The van der Waals surface area contributed by atoms with Gasteiger partial charge in [0.15, 0.2) is 17.4 Å². The number of benzene rings is 1. The summed E-state index contributed by atoms with van der Waals surface area (Å²) in [6.45, 7) is 2.72. The Balaban J connectivity index is 1.67. The van der Waals surface area contributed by atoms with E-state index < -0.39 is 34.7 Å². The highest BCUT2D eigenvalue weighted by Gasteiger charge is 2.27. The number of anilines is 1. The maximum absolute atomic E-state index is 14.2. The van der Waals surface area contributed by atoms with Gasteiger partial charge in [-0.05, 0) is 25.8 Å². The highest BCUT2D eigenvalue weighted by atomic mass is 19.2. The molecule has 1 aromatic heterocycles. The molecule has 28 heavy (non-hydrogen) atoms. The molecule has 1 aromatic carbocycles. The number of carbonyl (C=O) groups is 1. The van der Waals surface area contributed by atoms with Gasteiger partial charge in [-0.1, -0.05) is 0 Å².